The zero-order valence-electron chi connectivity index (χ0n) is 13.7. The number of methoxy groups -OCH3 is 2. The summed E-state index contributed by atoms with van der Waals surface area (Å²) in [5, 5.41) is 0. The molecule has 3 heteroatoms. The van der Waals surface area contributed by atoms with Crippen molar-refractivity contribution >= 4 is 0 Å². The number of ether oxygens (including phenoxy) is 2. The highest BCUT2D eigenvalue weighted by atomic mass is 16.5. The molecule has 1 aliphatic carbocycles. The summed E-state index contributed by atoms with van der Waals surface area (Å²) in [5.74, 6) is 1.65. The van der Waals surface area contributed by atoms with Crippen molar-refractivity contribution in [3.8, 4) is 11.5 Å². The molecule has 0 atom stereocenters. The molecule has 1 aromatic rings. The van der Waals surface area contributed by atoms with Crippen molar-refractivity contribution in [1.82, 2.24) is 0 Å². The average molecular weight is 291 g/mol. The normalized spacial score (nSPS) is 17.0. The minimum absolute atomic E-state index is 0.481. The van der Waals surface area contributed by atoms with Crippen LogP contribution in [0.3, 0.4) is 0 Å². The minimum atomic E-state index is 0.481. The monoisotopic (exact) mass is 291 g/mol. The van der Waals surface area contributed by atoms with Crippen molar-refractivity contribution < 1.29 is 9.47 Å². The SMILES string of the molecule is COc1cc(C)c(CCC2(CCN)CCCC2)cc1OC. The van der Waals surface area contributed by atoms with Crippen molar-refractivity contribution in [2.45, 2.75) is 51.9 Å². The minimum Gasteiger partial charge on any atom is -0.493 e. The predicted molar refractivity (Wildman–Crippen MR) is 87.2 cm³/mol. The molecule has 118 valence electrons. The Balaban J connectivity index is 2.12. The van der Waals surface area contributed by atoms with E-state index in [1.165, 1.54) is 49.7 Å². The molecule has 2 N–H and O–H groups in total. The summed E-state index contributed by atoms with van der Waals surface area (Å²) in [5.41, 5.74) is 8.98. The van der Waals surface area contributed by atoms with Gasteiger partial charge in [0.25, 0.3) is 0 Å². The van der Waals surface area contributed by atoms with Crippen molar-refractivity contribution in [3.05, 3.63) is 23.3 Å². The summed E-state index contributed by atoms with van der Waals surface area (Å²) in [7, 11) is 3.38. The topological polar surface area (TPSA) is 44.5 Å². The first-order chi connectivity index (χ1) is 10.1. The van der Waals surface area contributed by atoms with Gasteiger partial charge in [-0.2, -0.15) is 0 Å². The fraction of sp³-hybridized carbons (Fsp3) is 0.667. The van der Waals surface area contributed by atoms with E-state index in [0.29, 0.717) is 5.41 Å². The van der Waals surface area contributed by atoms with Gasteiger partial charge in [0, 0.05) is 0 Å². The van der Waals surface area contributed by atoms with Gasteiger partial charge < -0.3 is 15.2 Å². The van der Waals surface area contributed by atoms with Crippen LogP contribution < -0.4 is 15.2 Å². The van der Waals surface area contributed by atoms with Crippen LogP contribution in [0.4, 0.5) is 0 Å². The highest BCUT2D eigenvalue weighted by Crippen LogP contribution is 2.45. The van der Waals surface area contributed by atoms with Gasteiger partial charge in [-0.1, -0.05) is 12.8 Å². The van der Waals surface area contributed by atoms with Crippen LogP contribution in [0.5, 0.6) is 11.5 Å². The molecule has 3 nitrogen and oxygen atoms in total. The second kappa shape index (κ2) is 7.17. The number of hydrogen-bond donors (Lipinski definition) is 1. The summed E-state index contributed by atoms with van der Waals surface area (Å²) < 4.78 is 10.8. The van der Waals surface area contributed by atoms with E-state index in [-0.39, 0.29) is 0 Å². The summed E-state index contributed by atoms with van der Waals surface area (Å²) in [6, 6.07) is 4.22. The van der Waals surface area contributed by atoms with Crippen LogP contribution >= 0.6 is 0 Å². The maximum atomic E-state index is 5.84. The van der Waals surface area contributed by atoms with Crippen LogP contribution in [0.1, 0.15) is 49.7 Å². The first-order valence-electron chi connectivity index (χ1n) is 8.06. The lowest BCUT2D eigenvalue weighted by atomic mass is 9.77. The van der Waals surface area contributed by atoms with Gasteiger partial charge >= 0.3 is 0 Å². The quantitative estimate of drug-likeness (QED) is 0.829. The first-order valence-corrected chi connectivity index (χ1v) is 8.06. The van der Waals surface area contributed by atoms with Gasteiger partial charge in [-0.25, -0.2) is 0 Å². The number of nitrogens with two attached hydrogens (primary N) is 1. The lowest BCUT2D eigenvalue weighted by molar-refractivity contribution is 0.253. The molecule has 1 aliphatic rings. The van der Waals surface area contributed by atoms with Crippen molar-refractivity contribution in [3.63, 3.8) is 0 Å². The van der Waals surface area contributed by atoms with E-state index in [9.17, 15) is 0 Å². The van der Waals surface area contributed by atoms with Crippen molar-refractivity contribution in [2.24, 2.45) is 11.1 Å². The van der Waals surface area contributed by atoms with E-state index in [0.717, 1.165) is 24.5 Å². The van der Waals surface area contributed by atoms with Crippen LogP contribution in [0.15, 0.2) is 12.1 Å². The molecule has 0 radical (unpaired) electrons. The summed E-state index contributed by atoms with van der Waals surface area (Å²) in [6.45, 7) is 2.96. The summed E-state index contributed by atoms with van der Waals surface area (Å²) in [4.78, 5) is 0. The van der Waals surface area contributed by atoms with Crippen LogP contribution in [0.25, 0.3) is 0 Å². The number of rotatable bonds is 7. The van der Waals surface area contributed by atoms with E-state index in [1.807, 2.05) is 0 Å². The molecule has 1 fully saturated rings. The number of aryl methyl sites for hydroxylation is 2. The average Bonchev–Trinajstić information content (AvgIpc) is 2.95. The molecular formula is C18H29NO2. The van der Waals surface area contributed by atoms with Gasteiger partial charge in [0.15, 0.2) is 11.5 Å². The lowest BCUT2D eigenvalue weighted by Crippen LogP contribution is -2.22. The van der Waals surface area contributed by atoms with Crippen molar-refractivity contribution in [1.29, 1.82) is 0 Å². The largest absolute Gasteiger partial charge is 0.493 e. The maximum absolute atomic E-state index is 5.84. The van der Waals surface area contributed by atoms with Crippen LogP contribution in [-0.4, -0.2) is 20.8 Å². The number of benzene rings is 1. The molecule has 0 saturated heterocycles. The Hall–Kier alpha value is -1.22. The molecule has 1 saturated carbocycles. The van der Waals surface area contributed by atoms with E-state index < -0.39 is 0 Å². The molecule has 0 aromatic heterocycles. The Morgan fingerprint density at radius 3 is 2.24 bits per heavy atom. The third-order valence-corrected chi connectivity index (χ3v) is 5.11. The predicted octanol–water partition coefficient (Wildman–Crippen LogP) is 3.85. The molecule has 0 spiro atoms. The molecule has 0 bridgehead atoms. The smallest absolute Gasteiger partial charge is 0.161 e. The van der Waals surface area contributed by atoms with Gasteiger partial charge in [0.1, 0.15) is 0 Å². The Labute approximate surface area is 128 Å². The maximum Gasteiger partial charge on any atom is 0.161 e. The van der Waals surface area contributed by atoms with Gasteiger partial charge in [-0.15, -0.1) is 0 Å². The van der Waals surface area contributed by atoms with Gasteiger partial charge in [-0.05, 0) is 74.2 Å². The van der Waals surface area contributed by atoms with Crippen LogP contribution in [0, 0.1) is 12.3 Å². The molecule has 1 aromatic carbocycles. The zero-order chi connectivity index (χ0) is 15.3. The molecule has 0 heterocycles. The second-order valence-corrected chi connectivity index (χ2v) is 6.38. The second-order valence-electron chi connectivity index (χ2n) is 6.38. The van der Waals surface area contributed by atoms with E-state index in [2.05, 4.69) is 19.1 Å². The third-order valence-electron chi connectivity index (χ3n) is 5.11. The van der Waals surface area contributed by atoms with Crippen molar-refractivity contribution in [2.75, 3.05) is 20.8 Å². The Morgan fingerprint density at radius 2 is 1.67 bits per heavy atom. The number of hydrogen-bond acceptors (Lipinski definition) is 3. The Kier molecular flexibility index (Phi) is 5.51. The molecule has 2 rings (SSSR count). The fourth-order valence-corrected chi connectivity index (χ4v) is 3.75. The van der Waals surface area contributed by atoms with E-state index in [1.54, 1.807) is 14.2 Å². The van der Waals surface area contributed by atoms with Crippen LogP contribution in [0.2, 0.25) is 0 Å². The highest BCUT2D eigenvalue weighted by molar-refractivity contribution is 5.47. The van der Waals surface area contributed by atoms with Gasteiger partial charge in [0.2, 0.25) is 0 Å². The van der Waals surface area contributed by atoms with Gasteiger partial charge in [-0.3, -0.25) is 0 Å². The third kappa shape index (κ3) is 3.70. The standard InChI is InChI=1S/C18H29NO2/c1-14-12-16(20-2)17(21-3)13-15(14)6-9-18(10-11-19)7-4-5-8-18/h12-13H,4-11,19H2,1-3H3. The van der Waals surface area contributed by atoms with E-state index in [4.69, 9.17) is 15.2 Å². The lowest BCUT2D eigenvalue weighted by Gasteiger charge is -2.29. The zero-order valence-corrected chi connectivity index (χ0v) is 13.7. The molecule has 0 unspecified atom stereocenters. The Morgan fingerprint density at radius 1 is 1.05 bits per heavy atom. The Bertz CT molecular complexity index is 465. The molecule has 0 amide bonds. The summed E-state index contributed by atoms with van der Waals surface area (Å²) >= 11 is 0. The molecule has 0 aliphatic heterocycles. The van der Waals surface area contributed by atoms with E-state index >= 15 is 0 Å². The van der Waals surface area contributed by atoms with Crippen LogP contribution in [-0.2, 0) is 6.42 Å². The molecular weight excluding hydrogens is 262 g/mol. The van der Waals surface area contributed by atoms with Gasteiger partial charge in [0.05, 0.1) is 14.2 Å². The highest BCUT2D eigenvalue weighted by Gasteiger charge is 2.32. The first kappa shape index (κ1) is 16.2. The molecule has 21 heavy (non-hydrogen) atoms. The fourth-order valence-electron chi connectivity index (χ4n) is 3.75. The summed E-state index contributed by atoms with van der Waals surface area (Å²) in [6.07, 6.45) is 8.93.